The van der Waals surface area contributed by atoms with Gasteiger partial charge in [-0.25, -0.2) is 0 Å². The summed E-state index contributed by atoms with van der Waals surface area (Å²) in [5.74, 6) is 0.588. The smallest absolute Gasteiger partial charge is 0.139 e. The molecule has 0 radical (unpaired) electrons. The van der Waals surface area contributed by atoms with E-state index in [1.54, 1.807) is 18.2 Å². The highest BCUT2D eigenvalue weighted by Gasteiger charge is 2.24. The highest BCUT2D eigenvalue weighted by molar-refractivity contribution is 5.52. The van der Waals surface area contributed by atoms with Crippen molar-refractivity contribution < 1.29 is 4.74 Å². The standard InChI is InChI=1S/C16H23N3O/c1-12-4-3-5-13(2)19(12)8-9-20-16-10-15(18)7-6-14(16)11-17/h6-7,10,12-13H,3-5,8-9,18H2,1-2H3/t12-,13-/m1/s1. The van der Waals surface area contributed by atoms with Gasteiger partial charge in [0.25, 0.3) is 0 Å². The largest absolute Gasteiger partial charge is 0.491 e. The van der Waals surface area contributed by atoms with E-state index in [0.29, 0.717) is 35.7 Å². The molecule has 108 valence electrons. The normalized spacial score (nSPS) is 23.2. The molecule has 4 nitrogen and oxygen atoms in total. The maximum Gasteiger partial charge on any atom is 0.139 e. The maximum atomic E-state index is 9.06. The second kappa shape index (κ2) is 6.62. The molecular weight excluding hydrogens is 250 g/mol. The van der Waals surface area contributed by atoms with Gasteiger partial charge in [-0.3, -0.25) is 4.90 Å². The fraction of sp³-hybridized carbons (Fsp3) is 0.562. The van der Waals surface area contributed by atoms with Gasteiger partial charge in [0.05, 0.1) is 5.56 Å². The van der Waals surface area contributed by atoms with E-state index in [-0.39, 0.29) is 0 Å². The summed E-state index contributed by atoms with van der Waals surface area (Å²) in [6.07, 6.45) is 3.83. The molecule has 20 heavy (non-hydrogen) atoms. The number of rotatable bonds is 4. The molecule has 0 amide bonds. The zero-order valence-corrected chi connectivity index (χ0v) is 12.3. The molecule has 1 aliphatic rings. The fourth-order valence-corrected chi connectivity index (χ4v) is 2.93. The summed E-state index contributed by atoms with van der Waals surface area (Å²) < 4.78 is 5.76. The molecule has 1 heterocycles. The number of hydrogen-bond acceptors (Lipinski definition) is 4. The minimum absolute atomic E-state index is 0.541. The minimum atomic E-state index is 0.541. The van der Waals surface area contributed by atoms with Crippen molar-refractivity contribution in [2.45, 2.75) is 45.2 Å². The van der Waals surface area contributed by atoms with Crippen LogP contribution in [0, 0.1) is 11.3 Å². The first kappa shape index (κ1) is 14.7. The van der Waals surface area contributed by atoms with E-state index in [2.05, 4.69) is 24.8 Å². The Morgan fingerprint density at radius 3 is 2.70 bits per heavy atom. The molecule has 2 N–H and O–H groups in total. The van der Waals surface area contributed by atoms with Crippen molar-refractivity contribution in [1.29, 1.82) is 5.26 Å². The minimum Gasteiger partial charge on any atom is -0.491 e. The average molecular weight is 273 g/mol. The predicted molar refractivity (Wildman–Crippen MR) is 80.5 cm³/mol. The lowest BCUT2D eigenvalue weighted by molar-refractivity contribution is 0.0851. The number of hydrogen-bond donors (Lipinski definition) is 1. The Balaban J connectivity index is 1.93. The van der Waals surface area contributed by atoms with Crippen molar-refractivity contribution in [3.8, 4) is 11.8 Å². The van der Waals surface area contributed by atoms with Crippen molar-refractivity contribution in [3.63, 3.8) is 0 Å². The average Bonchev–Trinajstić information content (AvgIpc) is 2.42. The van der Waals surface area contributed by atoms with Crippen molar-refractivity contribution in [2.24, 2.45) is 0 Å². The summed E-state index contributed by atoms with van der Waals surface area (Å²) in [6.45, 7) is 6.03. The molecule has 0 aliphatic carbocycles. The predicted octanol–water partition coefficient (Wildman–Crippen LogP) is 2.78. The molecule has 1 aliphatic heterocycles. The molecule has 1 aromatic rings. The van der Waals surface area contributed by atoms with Crippen LogP contribution in [-0.4, -0.2) is 30.1 Å². The van der Waals surface area contributed by atoms with E-state index in [1.165, 1.54) is 19.3 Å². The highest BCUT2D eigenvalue weighted by Crippen LogP contribution is 2.23. The quantitative estimate of drug-likeness (QED) is 0.857. The first-order chi connectivity index (χ1) is 9.61. The van der Waals surface area contributed by atoms with E-state index >= 15 is 0 Å². The van der Waals surface area contributed by atoms with Crippen molar-refractivity contribution in [1.82, 2.24) is 4.90 Å². The lowest BCUT2D eigenvalue weighted by Gasteiger charge is -2.38. The number of anilines is 1. The molecule has 0 aromatic heterocycles. The van der Waals surface area contributed by atoms with Crippen LogP contribution in [0.25, 0.3) is 0 Å². The van der Waals surface area contributed by atoms with Gasteiger partial charge >= 0.3 is 0 Å². The second-order valence-corrected chi connectivity index (χ2v) is 5.58. The van der Waals surface area contributed by atoms with Gasteiger partial charge in [0.15, 0.2) is 0 Å². The highest BCUT2D eigenvalue weighted by atomic mass is 16.5. The van der Waals surface area contributed by atoms with E-state index in [0.717, 1.165) is 6.54 Å². The van der Waals surface area contributed by atoms with E-state index in [4.69, 9.17) is 15.7 Å². The molecule has 0 saturated carbocycles. The van der Waals surface area contributed by atoms with Gasteiger partial charge in [-0.05, 0) is 38.8 Å². The number of nitrogen functional groups attached to an aromatic ring is 1. The van der Waals surface area contributed by atoms with Gasteiger partial charge in [-0.15, -0.1) is 0 Å². The van der Waals surface area contributed by atoms with Crippen LogP contribution in [0.2, 0.25) is 0 Å². The first-order valence-corrected chi connectivity index (χ1v) is 7.30. The number of nitriles is 1. The number of nitrogens with zero attached hydrogens (tertiary/aromatic N) is 2. The molecule has 4 heteroatoms. The number of benzene rings is 1. The zero-order chi connectivity index (χ0) is 14.5. The van der Waals surface area contributed by atoms with Crippen LogP contribution in [0.15, 0.2) is 18.2 Å². The van der Waals surface area contributed by atoms with Gasteiger partial charge < -0.3 is 10.5 Å². The Bertz CT molecular complexity index is 485. The van der Waals surface area contributed by atoms with Crippen LogP contribution < -0.4 is 10.5 Å². The maximum absolute atomic E-state index is 9.06. The first-order valence-electron chi connectivity index (χ1n) is 7.30. The molecular formula is C16H23N3O. The number of piperidine rings is 1. The number of likely N-dealkylation sites (tertiary alicyclic amines) is 1. The molecule has 1 fully saturated rings. The van der Waals surface area contributed by atoms with E-state index < -0.39 is 0 Å². The Hall–Kier alpha value is -1.73. The Kier molecular flexibility index (Phi) is 4.86. The molecule has 0 spiro atoms. The summed E-state index contributed by atoms with van der Waals surface area (Å²) in [7, 11) is 0. The van der Waals surface area contributed by atoms with Crippen LogP contribution in [-0.2, 0) is 0 Å². The Labute approximate surface area is 121 Å². The van der Waals surface area contributed by atoms with Crippen molar-refractivity contribution >= 4 is 5.69 Å². The van der Waals surface area contributed by atoms with Crippen LogP contribution >= 0.6 is 0 Å². The third-order valence-corrected chi connectivity index (χ3v) is 4.11. The SMILES string of the molecule is C[C@@H]1CCC[C@@H](C)N1CCOc1cc(N)ccc1C#N. The van der Waals surface area contributed by atoms with Crippen molar-refractivity contribution in [3.05, 3.63) is 23.8 Å². The van der Waals surface area contributed by atoms with Gasteiger partial charge in [0, 0.05) is 30.4 Å². The fourth-order valence-electron chi connectivity index (χ4n) is 2.93. The molecule has 1 aromatic carbocycles. The lowest BCUT2D eigenvalue weighted by Crippen LogP contribution is -2.45. The van der Waals surface area contributed by atoms with Crippen LogP contribution in [0.4, 0.5) is 5.69 Å². The van der Waals surface area contributed by atoms with Gasteiger partial charge in [0.1, 0.15) is 18.4 Å². The van der Waals surface area contributed by atoms with Crippen LogP contribution in [0.5, 0.6) is 5.75 Å². The Morgan fingerprint density at radius 2 is 2.05 bits per heavy atom. The number of nitrogens with two attached hydrogens (primary N) is 1. The summed E-state index contributed by atoms with van der Waals surface area (Å²) in [6, 6.07) is 8.51. The lowest BCUT2D eigenvalue weighted by atomic mass is 9.98. The Morgan fingerprint density at radius 1 is 1.35 bits per heavy atom. The van der Waals surface area contributed by atoms with Gasteiger partial charge in [-0.2, -0.15) is 5.26 Å². The zero-order valence-electron chi connectivity index (χ0n) is 12.3. The van der Waals surface area contributed by atoms with E-state index in [9.17, 15) is 0 Å². The summed E-state index contributed by atoms with van der Waals surface area (Å²) in [5.41, 5.74) is 6.91. The summed E-state index contributed by atoms with van der Waals surface area (Å²) in [5, 5.41) is 9.06. The monoisotopic (exact) mass is 273 g/mol. The van der Waals surface area contributed by atoms with E-state index in [1.807, 2.05) is 0 Å². The number of ether oxygens (including phenoxy) is 1. The molecule has 2 atom stereocenters. The topological polar surface area (TPSA) is 62.3 Å². The van der Waals surface area contributed by atoms with Crippen LogP contribution in [0.1, 0.15) is 38.7 Å². The molecule has 2 rings (SSSR count). The summed E-state index contributed by atoms with van der Waals surface area (Å²) >= 11 is 0. The molecule has 1 saturated heterocycles. The molecule has 0 unspecified atom stereocenters. The second-order valence-electron chi connectivity index (χ2n) is 5.58. The summed E-state index contributed by atoms with van der Waals surface area (Å²) in [4.78, 5) is 2.49. The third kappa shape index (κ3) is 3.43. The van der Waals surface area contributed by atoms with Gasteiger partial charge in [0.2, 0.25) is 0 Å². The molecule has 0 bridgehead atoms. The third-order valence-electron chi connectivity index (χ3n) is 4.11. The van der Waals surface area contributed by atoms with Crippen molar-refractivity contribution in [2.75, 3.05) is 18.9 Å². The van der Waals surface area contributed by atoms with Gasteiger partial charge in [-0.1, -0.05) is 6.42 Å². The van der Waals surface area contributed by atoms with Crippen LogP contribution in [0.3, 0.4) is 0 Å².